The van der Waals surface area contributed by atoms with Crippen LogP contribution < -0.4 is 0 Å². The number of benzene rings is 2. The van der Waals surface area contributed by atoms with Gasteiger partial charge in [-0.3, -0.25) is 4.79 Å². The fourth-order valence-corrected chi connectivity index (χ4v) is 7.20. The van der Waals surface area contributed by atoms with Crippen LogP contribution in [-0.4, -0.2) is 23.3 Å². The summed E-state index contributed by atoms with van der Waals surface area (Å²) in [6.45, 7) is -0.150. The summed E-state index contributed by atoms with van der Waals surface area (Å²) in [6.07, 6.45) is 6.76. The van der Waals surface area contributed by atoms with Crippen molar-refractivity contribution in [1.29, 1.82) is 0 Å². The number of fused-ring (bicyclic) bond motifs is 1. The van der Waals surface area contributed by atoms with Gasteiger partial charge in [0.15, 0.2) is 12.4 Å². The van der Waals surface area contributed by atoms with Crippen LogP contribution in [0.15, 0.2) is 54.6 Å². The van der Waals surface area contributed by atoms with Gasteiger partial charge in [0.05, 0.1) is 16.8 Å². The van der Waals surface area contributed by atoms with Crippen LogP contribution in [0.3, 0.4) is 0 Å². The fourth-order valence-electron chi connectivity index (χ4n) is 6.97. The molecule has 4 nitrogen and oxygen atoms in total. The Morgan fingerprint density at radius 3 is 2.27 bits per heavy atom. The first-order valence-corrected chi connectivity index (χ1v) is 12.2. The first kappa shape index (κ1) is 20.9. The summed E-state index contributed by atoms with van der Waals surface area (Å²) in [7, 11) is 0. The molecule has 2 aromatic carbocycles. The van der Waals surface area contributed by atoms with Crippen molar-refractivity contribution in [1.82, 2.24) is 4.98 Å². The van der Waals surface area contributed by atoms with Gasteiger partial charge in [-0.2, -0.15) is 0 Å². The number of pyridine rings is 1. The molecule has 7 rings (SSSR count). The molecule has 33 heavy (non-hydrogen) atoms. The summed E-state index contributed by atoms with van der Waals surface area (Å²) in [4.78, 5) is 31.3. The molecule has 3 aromatic rings. The number of halogens is 1. The number of carbonyl (C=O) groups excluding carboxylic acids is 2. The van der Waals surface area contributed by atoms with Gasteiger partial charge in [-0.1, -0.05) is 48.0 Å². The molecule has 0 N–H and O–H groups in total. The largest absolute Gasteiger partial charge is 0.454 e. The molecule has 4 saturated carbocycles. The minimum absolute atomic E-state index is 0.111. The smallest absolute Gasteiger partial charge is 0.339 e. The van der Waals surface area contributed by atoms with E-state index in [4.69, 9.17) is 21.3 Å². The van der Waals surface area contributed by atoms with E-state index < -0.39 is 5.97 Å². The predicted octanol–water partition coefficient (Wildman–Crippen LogP) is 6.50. The number of para-hydroxylation sites is 1. The Morgan fingerprint density at radius 1 is 0.939 bits per heavy atom. The first-order chi connectivity index (χ1) is 16.0. The van der Waals surface area contributed by atoms with Crippen LogP contribution >= 0.6 is 11.6 Å². The number of ether oxygens (including phenoxy) is 1. The SMILES string of the molecule is O=C(OCC(=O)C12CC3CC(CC(C3)C1)C2)c1cc(-c2ccccc2Cl)nc2ccccc12. The van der Waals surface area contributed by atoms with E-state index in [9.17, 15) is 9.59 Å². The lowest BCUT2D eigenvalue weighted by Gasteiger charge is -2.55. The maximum Gasteiger partial charge on any atom is 0.339 e. The highest BCUT2D eigenvalue weighted by molar-refractivity contribution is 6.33. The van der Waals surface area contributed by atoms with E-state index in [1.807, 2.05) is 42.5 Å². The quantitative estimate of drug-likeness (QED) is 0.409. The van der Waals surface area contributed by atoms with Crippen LogP contribution in [0.2, 0.25) is 5.02 Å². The number of aromatic nitrogens is 1. The molecule has 168 valence electrons. The second-order valence-corrected chi connectivity index (χ2v) is 10.7. The van der Waals surface area contributed by atoms with E-state index in [2.05, 4.69) is 0 Å². The number of hydrogen-bond donors (Lipinski definition) is 0. The summed E-state index contributed by atoms with van der Waals surface area (Å²) in [5, 5.41) is 1.28. The van der Waals surface area contributed by atoms with Crippen LogP contribution in [-0.2, 0) is 9.53 Å². The molecule has 0 saturated heterocycles. The van der Waals surface area contributed by atoms with Crippen LogP contribution in [0, 0.1) is 23.2 Å². The van der Waals surface area contributed by atoms with Gasteiger partial charge >= 0.3 is 5.97 Å². The molecule has 5 heteroatoms. The van der Waals surface area contributed by atoms with Crippen LogP contribution in [0.4, 0.5) is 0 Å². The van der Waals surface area contributed by atoms with Crippen molar-refractivity contribution in [3.05, 3.63) is 65.2 Å². The molecule has 0 amide bonds. The van der Waals surface area contributed by atoms with Crippen molar-refractivity contribution in [3.8, 4) is 11.3 Å². The Bertz CT molecular complexity index is 1230. The van der Waals surface area contributed by atoms with E-state index in [0.717, 1.165) is 24.8 Å². The Morgan fingerprint density at radius 2 is 1.58 bits per heavy atom. The average Bonchev–Trinajstić information content (AvgIpc) is 2.81. The molecule has 4 bridgehead atoms. The molecule has 1 aromatic heterocycles. The Labute approximate surface area is 198 Å². The summed E-state index contributed by atoms with van der Waals surface area (Å²) >= 11 is 6.39. The summed E-state index contributed by atoms with van der Waals surface area (Å²) in [5.41, 5.74) is 2.20. The first-order valence-electron chi connectivity index (χ1n) is 11.9. The van der Waals surface area contributed by atoms with Gasteiger partial charge in [0, 0.05) is 21.4 Å². The molecule has 0 spiro atoms. The number of nitrogens with zero attached hydrogens (tertiary/aromatic N) is 1. The molecular weight excluding hydrogens is 434 g/mol. The second-order valence-electron chi connectivity index (χ2n) is 10.2. The van der Waals surface area contributed by atoms with Crippen LogP contribution in [0.25, 0.3) is 22.2 Å². The normalized spacial score (nSPS) is 27.6. The summed E-state index contributed by atoms with van der Waals surface area (Å²) < 4.78 is 5.66. The minimum Gasteiger partial charge on any atom is -0.454 e. The molecule has 4 fully saturated rings. The lowest BCUT2D eigenvalue weighted by molar-refractivity contribution is -0.147. The van der Waals surface area contributed by atoms with Gasteiger partial charge in [-0.15, -0.1) is 0 Å². The number of carbonyl (C=O) groups is 2. The summed E-state index contributed by atoms with van der Waals surface area (Å²) in [5.74, 6) is 1.66. The zero-order chi connectivity index (χ0) is 22.6. The second kappa shape index (κ2) is 7.95. The van der Waals surface area contributed by atoms with Gasteiger partial charge in [0.2, 0.25) is 0 Å². The molecule has 0 unspecified atom stereocenters. The minimum atomic E-state index is -0.486. The average molecular weight is 460 g/mol. The highest BCUT2D eigenvalue weighted by Crippen LogP contribution is 2.60. The van der Waals surface area contributed by atoms with Crippen molar-refractivity contribution in [2.24, 2.45) is 23.2 Å². The lowest BCUT2D eigenvalue weighted by atomic mass is 9.48. The highest BCUT2D eigenvalue weighted by atomic mass is 35.5. The number of rotatable bonds is 5. The molecule has 4 aliphatic carbocycles. The Hall–Kier alpha value is -2.72. The number of hydrogen-bond acceptors (Lipinski definition) is 4. The molecular formula is C28H26ClNO3. The molecule has 0 radical (unpaired) electrons. The topological polar surface area (TPSA) is 56.3 Å². The van der Waals surface area contributed by atoms with Crippen molar-refractivity contribution >= 4 is 34.3 Å². The van der Waals surface area contributed by atoms with Gasteiger partial charge < -0.3 is 4.74 Å². The third-order valence-electron chi connectivity index (χ3n) is 8.05. The molecule has 4 aliphatic rings. The Kier molecular flexibility index (Phi) is 5.02. The van der Waals surface area contributed by atoms with E-state index in [1.165, 1.54) is 19.3 Å². The highest BCUT2D eigenvalue weighted by Gasteiger charge is 2.54. The Balaban J connectivity index is 1.27. The van der Waals surface area contributed by atoms with Gasteiger partial charge in [0.1, 0.15) is 0 Å². The predicted molar refractivity (Wildman–Crippen MR) is 128 cm³/mol. The number of ketones is 1. The molecule has 0 aliphatic heterocycles. The van der Waals surface area contributed by atoms with Crippen LogP contribution in [0.5, 0.6) is 0 Å². The van der Waals surface area contributed by atoms with Gasteiger partial charge in [0.25, 0.3) is 0 Å². The van der Waals surface area contributed by atoms with E-state index >= 15 is 0 Å². The zero-order valence-electron chi connectivity index (χ0n) is 18.4. The van der Waals surface area contributed by atoms with Gasteiger partial charge in [-0.05, 0) is 74.5 Å². The van der Waals surface area contributed by atoms with Gasteiger partial charge in [-0.25, -0.2) is 9.78 Å². The number of Topliss-reactive ketones (excluding diaryl/α,β-unsaturated/α-hetero) is 1. The van der Waals surface area contributed by atoms with Crippen molar-refractivity contribution in [2.75, 3.05) is 6.61 Å². The monoisotopic (exact) mass is 459 g/mol. The van der Waals surface area contributed by atoms with E-state index in [0.29, 0.717) is 44.9 Å². The van der Waals surface area contributed by atoms with Crippen LogP contribution in [0.1, 0.15) is 48.9 Å². The fraction of sp³-hybridized carbons (Fsp3) is 0.393. The van der Waals surface area contributed by atoms with E-state index in [1.54, 1.807) is 12.1 Å². The van der Waals surface area contributed by atoms with Crippen molar-refractivity contribution in [2.45, 2.75) is 38.5 Å². The van der Waals surface area contributed by atoms with Crippen molar-refractivity contribution in [3.63, 3.8) is 0 Å². The molecule has 1 heterocycles. The lowest BCUT2D eigenvalue weighted by Crippen LogP contribution is -2.51. The maximum atomic E-state index is 13.3. The molecule has 0 atom stereocenters. The zero-order valence-corrected chi connectivity index (χ0v) is 19.2. The summed E-state index contributed by atoms with van der Waals surface area (Å²) in [6, 6.07) is 16.6. The van der Waals surface area contributed by atoms with Crippen molar-refractivity contribution < 1.29 is 14.3 Å². The van der Waals surface area contributed by atoms with E-state index in [-0.39, 0.29) is 17.8 Å². The third kappa shape index (κ3) is 3.65. The number of esters is 1. The maximum absolute atomic E-state index is 13.3. The third-order valence-corrected chi connectivity index (χ3v) is 8.38. The standard InChI is InChI=1S/C28H26ClNO3/c29-23-7-3-1-6-21(23)25-12-22(20-5-2-4-8-24(20)30-25)27(32)33-16-26(31)28-13-17-9-18(14-28)11-19(10-17)15-28/h1-8,12,17-19H,9-11,13-16H2.